The molecule has 3 aliphatic rings. The van der Waals surface area contributed by atoms with Crippen LogP contribution in [-0.4, -0.2) is 95.6 Å². The summed E-state index contributed by atoms with van der Waals surface area (Å²) in [7, 11) is 4.92. The number of hydrogen-bond acceptors (Lipinski definition) is 9. The molecule has 13 heteroatoms. The van der Waals surface area contributed by atoms with Crippen LogP contribution in [0.5, 0.6) is 17.4 Å². The van der Waals surface area contributed by atoms with Crippen LogP contribution >= 0.6 is 11.6 Å². The molecule has 3 fully saturated rings. The smallest absolute Gasteiger partial charge is 0.307 e. The Morgan fingerprint density at radius 3 is 2.38 bits per heavy atom. The lowest BCUT2D eigenvalue weighted by atomic mass is 9.79. The molecule has 2 aromatic heterocycles. The summed E-state index contributed by atoms with van der Waals surface area (Å²) in [4.78, 5) is 32.6. The number of carbonyl (C=O) groups is 2. The highest BCUT2D eigenvalue weighted by Crippen LogP contribution is 2.43. The van der Waals surface area contributed by atoms with Gasteiger partial charge in [0, 0.05) is 85.3 Å². The van der Waals surface area contributed by atoms with Gasteiger partial charge in [-0.1, -0.05) is 48.0 Å². The third-order valence-corrected chi connectivity index (χ3v) is 11.3. The standard InChI is InChI=1S/C40H41ClN6O6/c1-51-34-14-26(15-35(52-2)31(34)20-46-22-40(23-46)16-36(48)42-21-40)47-33-9-5-6-27(30(33)17-43-47)28-7-4-8-29(37(28)41)32-11-10-24(38(44-32)53-3)18-45-13-12-25(19-45)39(49)50/h4-11,14-15,17,25H,12-13,16,18-23H2,1-3H3,(H,42,48)(H,49,50)/t25-/m1/s1. The Balaban J connectivity index is 1.08. The number of ether oxygens (including phenoxy) is 3. The molecule has 1 amide bonds. The summed E-state index contributed by atoms with van der Waals surface area (Å²) in [6.07, 6.45) is 3.06. The number of hydrogen-bond donors (Lipinski definition) is 2. The number of benzene rings is 3. The second-order valence-electron chi connectivity index (χ2n) is 14.3. The van der Waals surface area contributed by atoms with Crippen LogP contribution < -0.4 is 19.5 Å². The highest BCUT2D eigenvalue weighted by Gasteiger charge is 2.48. The van der Waals surface area contributed by atoms with E-state index in [4.69, 9.17) is 35.9 Å². The van der Waals surface area contributed by atoms with Crippen molar-refractivity contribution in [2.24, 2.45) is 11.3 Å². The molecule has 5 heterocycles. The van der Waals surface area contributed by atoms with Crippen LogP contribution in [0.25, 0.3) is 39.0 Å². The van der Waals surface area contributed by atoms with Crippen molar-refractivity contribution in [3.8, 4) is 45.5 Å². The van der Waals surface area contributed by atoms with Crippen LogP contribution in [0.15, 0.2) is 66.9 Å². The van der Waals surface area contributed by atoms with Gasteiger partial charge in [-0.3, -0.25) is 19.4 Å². The zero-order chi connectivity index (χ0) is 36.9. The van der Waals surface area contributed by atoms with E-state index in [2.05, 4.69) is 15.1 Å². The molecule has 53 heavy (non-hydrogen) atoms. The Kier molecular flexibility index (Phi) is 9.21. The van der Waals surface area contributed by atoms with Crippen molar-refractivity contribution < 1.29 is 28.9 Å². The number of carbonyl (C=O) groups excluding carboxylic acids is 1. The summed E-state index contributed by atoms with van der Waals surface area (Å²) in [5.41, 5.74) is 6.76. The van der Waals surface area contributed by atoms with Crippen LogP contribution in [0, 0.1) is 11.3 Å². The van der Waals surface area contributed by atoms with Crippen molar-refractivity contribution in [1.82, 2.24) is 29.9 Å². The second-order valence-corrected chi connectivity index (χ2v) is 14.7. The average Bonchev–Trinajstić information content (AvgIpc) is 3.91. The number of rotatable bonds is 11. The Labute approximate surface area is 312 Å². The van der Waals surface area contributed by atoms with E-state index in [0.717, 1.165) is 64.0 Å². The van der Waals surface area contributed by atoms with Gasteiger partial charge >= 0.3 is 5.97 Å². The minimum atomic E-state index is -0.755. The number of nitrogens with zero attached hydrogens (tertiary/aromatic N) is 5. The number of carboxylic acids is 1. The molecule has 1 atom stereocenters. The molecule has 0 bridgehead atoms. The van der Waals surface area contributed by atoms with Gasteiger partial charge < -0.3 is 24.6 Å². The predicted molar refractivity (Wildman–Crippen MR) is 201 cm³/mol. The molecule has 5 aromatic rings. The van der Waals surface area contributed by atoms with Crippen LogP contribution in [0.1, 0.15) is 24.0 Å². The van der Waals surface area contributed by atoms with Gasteiger partial charge in [0.05, 0.1) is 60.9 Å². The zero-order valence-electron chi connectivity index (χ0n) is 29.9. The Bertz CT molecular complexity index is 2210. The van der Waals surface area contributed by atoms with E-state index in [-0.39, 0.29) is 17.2 Å². The first-order valence-electron chi connectivity index (χ1n) is 17.7. The third kappa shape index (κ3) is 6.45. The molecular formula is C40H41ClN6O6. The monoisotopic (exact) mass is 736 g/mol. The van der Waals surface area contributed by atoms with Gasteiger partial charge in [0.15, 0.2) is 0 Å². The summed E-state index contributed by atoms with van der Waals surface area (Å²) in [6, 6.07) is 19.8. The fourth-order valence-corrected chi connectivity index (χ4v) is 8.55. The second kappa shape index (κ2) is 14.0. The number of aliphatic carboxylic acids is 1. The quantitative estimate of drug-likeness (QED) is 0.175. The van der Waals surface area contributed by atoms with Gasteiger partial charge in [-0.05, 0) is 30.7 Å². The molecule has 0 aliphatic carbocycles. The molecule has 274 valence electrons. The van der Waals surface area contributed by atoms with E-state index in [1.807, 2.05) is 71.5 Å². The van der Waals surface area contributed by atoms with Crippen LogP contribution in [0.2, 0.25) is 5.02 Å². The molecule has 12 nitrogen and oxygen atoms in total. The molecular weight excluding hydrogens is 696 g/mol. The molecule has 0 radical (unpaired) electrons. The zero-order valence-corrected chi connectivity index (χ0v) is 30.7. The lowest BCUT2D eigenvalue weighted by molar-refractivity contribution is -0.141. The van der Waals surface area contributed by atoms with Crippen molar-refractivity contribution in [3.05, 3.63) is 83.0 Å². The molecule has 3 aromatic carbocycles. The minimum absolute atomic E-state index is 0.0311. The number of fused-ring (bicyclic) bond motifs is 1. The van der Waals surface area contributed by atoms with Gasteiger partial charge in [0.25, 0.3) is 0 Å². The number of amides is 1. The van der Waals surface area contributed by atoms with Crippen LogP contribution in [0.4, 0.5) is 0 Å². The molecule has 8 rings (SSSR count). The Morgan fingerprint density at radius 2 is 1.70 bits per heavy atom. The number of aromatic nitrogens is 3. The van der Waals surface area contributed by atoms with Crippen LogP contribution in [0.3, 0.4) is 0 Å². The number of methoxy groups -OCH3 is 3. The van der Waals surface area contributed by atoms with E-state index >= 15 is 0 Å². The number of likely N-dealkylation sites (tertiary alicyclic amines) is 2. The highest BCUT2D eigenvalue weighted by molar-refractivity contribution is 6.36. The maximum Gasteiger partial charge on any atom is 0.307 e. The van der Waals surface area contributed by atoms with E-state index in [0.29, 0.717) is 67.1 Å². The number of halogens is 1. The topological polar surface area (TPSA) is 131 Å². The first-order valence-corrected chi connectivity index (χ1v) is 18.1. The fraction of sp³-hybridized carbons (Fsp3) is 0.350. The predicted octanol–water partition coefficient (Wildman–Crippen LogP) is 5.66. The SMILES string of the molecule is COc1cc(-n2ncc3c(-c4cccc(-c5ccc(CN6CC[C@@H](C(=O)O)C6)c(OC)n5)c4Cl)cccc32)cc(OC)c1CN1CC2(CNC(=O)C2)C1. The lowest BCUT2D eigenvalue weighted by Crippen LogP contribution is -2.56. The van der Waals surface area contributed by atoms with E-state index < -0.39 is 5.97 Å². The maximum atomic E-state index is 11.8. The third-order valence-electron chi connectivity index (χ3n) is 10.9. The molecule has 1 spiro atoms. The van der Waals surface area contributed by atoms with Crippen molar-refractivity contribution in [2.45, 2.75) is 25.9 Å². The normalized spacial score (nSPS) is 18.3. The largest absolute Gasteiger partial charge is 0.496 e. The highest BCUT2D eigenvalue weighted by atomic mass is 35.5. The summed E-state index contributed by atoms with van der Waals surface area (Å²) in [6.45, 7) is 4.85. The van der Waals surface area contributed by atoms with E-state index in [9.17, 15) is 14.7 Å². The van der Waals surface area contributed by atoms with Crippen molar-refractivity contribution in [1.29, 1.82) is 0 Å². The number of pyridine rings is 1. The summed E-state index contributed by atoms with van der Waals surface area (Å²) >= 11 is 7.19. The molecule has 3 saturated heterocycles. The van der Waals surface area contributed by atoms with Gasteiger partial charge in [-0.25, -0.2) is 9.67 Å². The van der Waals surface area contributed by atoms with Gasteiger partial charge in [0.2, 0.25) is 11.8 Å². The molecule has 3 aliphatic heterocycles. The van der Waals surface area contributed by atoms with Crippen molar-refractivity contribution in [3.63, 3.8) is 0 Å². The molecule has 2 N–H and O–H groups in total. The van der Waals surface area contributed by atoms with Crippen molar-refractivity contribution >= 4 is 34.4 Å². The summed E-state index contributed by atoms with van der Waals surface area (Å²) < 4.78 is 19.4. The maximum absolute atomic E-state index is 11.8. The average molecular weight is 737 g/mol. The van der Waals surface area contributed by atoms with Gasteiger partial charge in [0.1, 0.15) is 11.5 Å². The first kappa shape index (κ1) is 34.9. The van der Waals surface area contributed by atoms with Gasteiger partial charge in [-0.2, -0.15) is 5.10 Å². The van der Waals surface area contributed by atoms with Crippen LogP contribution in [-0.2, 0) is 22.7 Å². The Morgan fingerprint density at radius 1 is 0.962 bits per heavy atom. The van der Waals surface area contributed by atoms with Gasteiger partial charge in [-0.15, -0.1) is 0 Å². The number of carboxylic acid groups (broad SMARTS) is 1. The minimum Gasteiger partial charge on any atom is -0.496 e. The summed E-state index contributed by atoms with van der Waals surface area (Å²) in [5, 5.41) is 18.7. The molecule has 0 unspecified atom stereocenters. The fourth-order valence-electron chi connectivity index (χ4n) is 8.23. The Hall–Kier alpha value is -5.17. The van der Waals surface area contributed by atoms with Crippen molar-refractivity contribution in [2.75, 3.05) is 54.1 Å². The summed E-state index contributed by atoms with van der Waals surface area (Å²) in [5.74, 6) is 0.917. The van der Waals surface area contributed by atoms with E-state index in [1.165, 1.54) is 0 Å². The lowest BCUT2D eigenvalue weighted by Gasteiger charge is -2.47. The first-order chi connectivity index (χ1) is 25.7. The molecule has 0 saturated carbocycles. The van der Waals surface area contributed by atoms with E-state index in [1.54, 1.807) is 21.3 Å². The number of nitrogens with one attached hydrogen (secondary N) is 1.